The number of aromatic nitrogens is 3. The van der Waals surface area contributed by atoms with Crippen LogP contribution in [0.1, 0.15) is 30.7 Å². The van der Waals surface area contributed by atoms with E-state index in [1.54, 1.807) is 6.33 Å². The van der Waals surface area contributed by atoms with Gasteiger partial charge < -0.3 is 10.3 Å². The highest BCUT2D eigenvalue weighted by molar-refractivity contribution is 5.92. The smallest absolute Gasteiger partial charge is 0.228 e. The van der Waals surface area contributed by atoms with Gasteiger partial charge in [-0.25, -0.2) is 9.97 Å². The Kier molecular flexibility index (Phi) is 6.39. The zero-order valence-corrected chi connectivity index (χ0v) is 17.3. The maximum Gasteiger partial charge on any atom is 0.228 e. The first-order valence-electron chi connectivity index (χ1n) is 9.84. The van der Waals surface area contributed by atoms with Crippen molar-refractivity contribution in [3.05, 3.63) is 77.7 Å². The number of fused-ring (bicyclic) bond motifs is 1. The Hall–Kier alpha value is -3.47. The Morgan fingerprint density at radius 1 is 0.966 bits per heavy atom. The predicted octanol–water partition coefficient (Wildman–Crippen LogP) is 5.45. The Morgan fingerprint density at radius 2 is 1.66 bits per heavy atom. The summed E-state index contributed by atoms with van der Waals surface area (Å²) >= 11 is 0. The van der Waals surface area contributed by atoms with E-state index in [9.17, 15) is 4.79 Å². The molecule has 0 aliphatic rings. The van der Waals surface area contributed by atoms with Crippen LogP contribution in [-0.4, -0.2) is 20.9 Å². The number of carbonyl (C=O) groups is 1. The molecular weight excluding hydrogens is 360 g/mol. The van der Waals surface area contributed by atoms with Crippen LogP contribution in [0, 0.1) is 13.8 Å². The maximum atomic E-state index is 12.2. The molecule has 4 aromatic rings. The first-order valence-corrected chi connectivity index (χ1v) is 9.84. The van der Waals surface area contributed by atoms with E-state index < -0.39 is 0 Å². The molecule has 5 heteroatoms. The summed E-state index contributed by atoms with van der Waals surface area (Å²) in [6.07, 6.45) is 1.92. The summed E-state index contributed by atoms with van der Waals surface area (Å²) in [5.74, 6) is -0.0249. The number of amides is 1. The van der Waals surface area contributed by atoms with Crippen LogP contribution in [0.2, 0.25) is 0 Å². The molecule has 0 aliphatic carbocycles. The number of nitrogens with zero attached hydrogens (tertiary/aromatic N) is 2. The molecule has 5 nitrogen and oxygen atoms in total. The lowest BCUT2D eigenvalue weighted by molar-refractivity contribution is -0.115. The van der Waals surface area contributed by atoms with Crippen LogP contribution in [0.5, 0.6) is 0 Å². The van der Waals surface area contributed by atoms with E-state index in [1.165, 1.54) is 5.56 Å². The van der Waals surface area contributed by atoms with E-state index in [0.29, 0.717) is 6.42 Å². The summed E-state index contributed by atoms with van der Waals surface area (Å²) in [6, 6.07) is 17.8. The molecule has 0 saturated carbocycles. The molecule has 0 atom stereocenters. The second kappa shape index (κ2) is 9.15. The summed E-state index contributed by atoms with van der Waals surface area (Å²) < 4.78 is 0. The molecule has 0 spiro atoms. The van der Waals surface area contributed by atoms with Gasteiger partial charge in [0.25, 0.3) is 0 Å². The quantitative estimate of drug-likeness (QED) is 0.490. The largest absolute Gasteiger partial charge is 0.339 e. The van der Waals surface area contributed by atoms with Crippen LogP contribution < -0.4 is 5.32 Å². The number of carbonyl (C=O) groups excluding carboxylic acids is 1. The topological polar surface area (TPSA) is 70.7 Å². The van der Waals surface area contributed by atoms with Crippen molar-refractivity contribution in [3.8, 4) is 11.3 Å². The van der Waals surface area contributed by atoms with Crippen LogP contribution in [0.3, 0.4) is 0 Å². The Balaban J connectivity index is 0.00000117. The number of aromatic amines is 1. The summed E-state index contributed by atoms with van der Waals surface area (Å²) in [5, 5.41) is 3.96. The molecule has 2 aromatic carbocycles. The van der Waals surface area contributed by atoms with Crippen LogP contribution >= 0.6 is 0 Å². The van der Waals surface area contributed by atoms with E-state index in [0.717, 1.165) is 39.2 Å². The third-order valence-corrected chi connectivity index (χ3v) is 4.59. The first kappa shape index (κ1) is 20.3. The van der Waals surface area contributed by atoms with Crippen LogP contribution in [-0.2, 0) is 11.2 Å². The van der Waals surface area contributed by atoms with Gasteiger partial charge in [-0.1, -0.05) is 55.8 Å². The average molecular weight is 386 g/mol. The molecule has 0 unspecified atom stereocenters. The predicted molar refractivity (Wildman–Crippen MR) is 119 cm³/mol. The standard InChI is InChI=1S/C22H20N4O.C2H6/c1-14-3-5-16(6-4-14)11-21(27)25-18-9-7-17(8-10-18)20-12-19-15(2)23-13-24-22(19)26-20;1-2/h3-10,12-13H,11H2,1-2H3,(H,25,27)(H,23,24,26);1-2H3. The van der Waals surface area contributed by atoms with Crippen molar-refractivity contribution in [1.29, 1.82) is 0 Å². The van der Waals surface area contributed by atoms with Gasteiger partial charge in [-0.05, 0) is 43.2 Å². The molecule has 0 bridgehead atoms. The minimum atomic E-state index is -0.0249. The van der Waals surface area contributed by atoms with Gasteiger partial charge in [0.15, 0.2) is 0 Å². The van der Waals surface area contributed by atoms with Crippen molar-refractivity contribution < 1.29 is 4.79 Å². The van der Waals surface area contributed by atoms with Gasteiger partial charge >= 0.3 is 0 Å². The summed E-state index contributed by atoms with van der Waals surface area (Å²) in [7, 11) is 0. The van der Waals surface area contributed by atoms with Crippen LogP contribution in [0.4, 0.5) is 5.69 Å². The number of benzene rings is 2. The third kappa shape index (κ3) is 4.88. The van der Waals surface area contributed by atoms with Crippen molar-refractivity contribution in [1.82, 2.24) is 15.0 Å². The van der Waals surface area contributed by atoms with Crippen LogP contribution in [0.15, 0.2) is 60.9 Å². The lowest BCUT2D eigenvalue weighted by atomic mass is 10.1. The zero-order chi connectivity index (χ0) is 20.8. The van der Waals surface area contributed by atoms with E-state index in [4.69, 9.17) is 0 Å². The van der Waals surface area contributed by atoms with Crippen LogP contribution in [0.25, 0.3) is 22.3 Å². The van der Waals surface area contributed by atoms with Gasteiger partial charge in [0.2, 0.25) is 5.91 Å². The van der Waals surface area contributed by atoms with Gasteiger partial charge in [-0.3, -0.25) is 4.79 Å². The molecule has 148 valence electrons. The molecule has 1 amide bonds. The minimum Gasteiger partial charge on any atom is -0.339 e. The third-order valence-electron chi connectivity index (χ3n) is 4.59. The normalized spacial score (nSPS) is 10.3. The lowest BCUT2D eigenvalue weighted by Crippen LogP contribution is -2.14. The number of aryl methyl sites for hydroxylation is 2. The monoisotopic (exact) mass is 386 g/mol. The fourth-order valence-corrected chi connectivity index (χ4v) is 3.05. The molecule has 29 heavy (non-hydrogen) atoms. The number of hydrogen-bond donors (Lipinski definition) is 2. The molecule has 2 N–H and O–H groups in total. The second-order valence-corrected chi connectivity index (χ2v) is 6.69. The number of H-pyrrole nitrogens is 1. The summed E-state index contributed by atoms with van der Waals surface area (Å²) in [6.45, 7) is 8.00. The van der Waals surface area contributed by atoms with Crippen molar-refractivity contribution in [3.63, 3.8) is 0 Å². The van der Waals surface area contributed by atoms with Gasteiger partial charge in [0.1, 0.15) is 12.0 Å². The number of nitrogens with one attached hydrogen (secondary N) is 2. The maximum absolute atomic E-state index is 12.2. The highest BCUT2D eigenvalue weighted by Crippen LogP contribution is 2.25. The molecule has 0 saturated heterocycles. The van der Waals surface area contributed by atoms with E-state index >= 15 is 0 Å². The van der Waals surface area contributed by atoms with Gasteiger partial charge in [0.05, 0.1) is 12.1 Å². The fraction of sp³-hybridized carbons (Fsp3) is 0.208. The molecule has 2 heterocycles. The number of hydrogen-bond acceptors (Lipinski definition) is 3. The van der Waals surface area contributed by atoms with Crippen molar-refractivity contribution in [2.75, 3.05) is 5.32 Å². The molecule has 4 rings (SSSR count). The van der Waals surface area contributed by atoms with E-state index in [-0.39, 0.29) is 5.91 Å². The van der Waals surface area contributed by atoms with E-state index in [1.807, 2.05) is 76.2 Å². The Labute approximate surface area is 171 Å². The van der Waals surface area contributed by atoms with Crippen molar-refractivity contribution in [2.24, 2.45) is 0 Å². The minimum absolute atomic E-state index is 0.0249. The lowest BCUT2D eigenvalue weighted by Gasteiger charge is -2.07. The van der Waals surface area contributed by atoms with Crippen molar-refractivity contribution in [2.45, 2.75) is 34.1 Å². The number of anilines is 1. The molecule has 0 aliphatic heterocycles. The summed E-state index contributed by atoms with van der Waals surface area (Å²) in [4.78, 5) is 24.0. The molecule has 0 fully saturated rings. The Bertz CT molecular complexity index is 1100. The van der Waals surface area contributed by atoms with Gasteiger partial charge in [0, 0.05) is 16.8 Å². The molecular formula is C24H26N4O. The molecule has 0 radical (unpaired) electrons. The fourth-order valence-electron chi connectivity index (χ4n) is 3.05. The van der Waals surface area contributed by atoms with Gasteiger partial charge in [-0.2, -0.15) is 0 Å². The zero-order valence-electron chi connectivity index (χ0n) is 17.3. The average Bonchev–Trinajstić information content (AvgIpc) is 3.18. The SMILES string of the molecule is CC.Cc1ccc(CC(=O)Nc2ccc(-c3cc4c(C)ncnc4[nH]3)cc2)cc1. The highest BCUT2D eigenvalue weighted by atomic mass is 16.1. The Morgan fingerprint density at radius 3 is 2.31 bits per heavy atom. The summed E-state index contributed by atoms with van der Waals surface area (Å²) in [5.41, 5.74) is 6.76. The highest BCUT2D eigenvalue weighted by Gasteiger charge is 2.08. The van der Waals surface area contributed by atoms with Crippen molar-refractivity contribution >= 4 is 22.6 Å². The molecule has 2 aromatic heterocycles. The second-order valence-electron chi connectivity index (χ2n) is 6.69. The van der Waals surface area contributed by atoms with E-state index in [2.05, 4.69) is 26.3 Å². The first-order chi connectivity index (χ1) is 14.1. The van der Waals surface area contributed by atoms with Gasteiger partial charge in [-0.15, -0.1) is 0 Å². The number of rotatable bonds is 4.